The SMILES string of the molecule is O=S(=O)(Nc1ccc(Cl)c(S(=O)(=O)N2CCCCC2)c1)c1cccc(C(F)(F)F)c1. The van der Waals surface area contributed by atoms with Gasteiger partial charge in [0, 0.05) is 13.1 Å². The monoisotopic (exact) mass is 482 g/mol. The number of halogens is 4. The summed E-state index contributed by atoms with van der Waals surface area (Å²) in [5.74, 6) is 0. The maximum atomic E-state index is 12.9. The summed E-state index contributed by atoms with van der Waals surface area (Å²) in [6, 6.07) is 6.78. The van der Waals surface area contributed by atoms with E-state index in [2.05, 4.69) is 4.72 Å². The fraction of sp³-hybridized carbons (Fsp3) is 0.333. The Morgan fingerprint density at radius 1 is 0.933 bits per heavy atom. The van der Waals surface area contributed by atoms with Crippen molar-refractivity contribution < 1.29 is 30.0 Å². The van der Waals surface area contributed by atoms with Gasteiger partial charge in [-0.1, -0.05) is 24.1 Å². The summed E-state index contributed by atoms with van der Waals surface area (Å²) in [6.45, 7) is 0.664. The minimum atomic E-state index is -4.71. The Hall–Kier alpha value is -1.82. The van der Waals surface area contributed by atoms with Crippen molar-refractivity contribution >= 4 is 37.3 Å². The van der Waals surface area contributed by atoms with Gasteiger partial charge in [0.25, 0.3) is 10.0 Å². The first kappa shape index (κ1) is 22.9. The number of hydrogen-bond acceptors (Lipinski definition) is 4. The second-order valence-corrected chi connectivity index (χ2v) is 10.7. The molecule has 164 valence electrons. The second-order valence-electron chi connectivity index (χ2n) is 6.74. The first-order valence-electron chi connectivity index (χ1n) is 8.91. The maximum Gasteiger partial charge on any atom is 0.416 e. The maximum absolute atomic E-state index is 12.9. The lowest BCUT2D eigenvalue weighted by Crippen LogP contribution is -2.35. The molecular weight excluding hydrogens is 465 g/mol. The molecule has 0 bridgehead atoms. The Morgan fingerprint density at radius 3 is 2.23 bits per heavy atom. The zero-order valence-corrected chi connectivity index (χ0v) is 17.9. The van der Waals surface area contributed by atoms with Crippen LogP contribution in [0.15, 0.2) is 52.3 Å². The van der Waals surface area contributed by atoms with Gasteiger partial charge in [0.1, 0.15) is 4.90 Å². The smallest absolute Gasteiger partial charge is 0.280 e. The van der Waals surface area contributed by atoms with Crippen molar-refractivity contribution in [1.29, 1.82) is 0 Å². The van der Waals surface area contributed by atoms with Crippen molar-refractivity contribution in [3.05, 3.63) is 53.1 Å². The molecule has 0 amide bonds. The molecule has 0 aromatic heterocycles. The highest BCUT2D eigenvalue weighted by atomic mass is 35.5. The Bertz CT molecular complexity index is 1150. The van der Waals surface area contributed by atoms with Crippen molar-refractivity contribution in [2.45, 2.75) is 35.2 Å². The van der Waals surface area contributed by atoms with Crippen LogP contribution in [0.5, 0.6) is 0 Å². The summed E-state index contributed by atoms with van der Waals surface area (Å²) in [5.41, 5.74) is -1.25. The number of piperidine rings is 1. The highest BCUT2D eigenvalue weighted by Gasteiger charge is 2.32. The average Bonchev–Trinajstić information content (AvgIpc) is 2.69. The van der Waals surface area contributed by atoms with Crippen molar-refractivity contribution in [3.8, 4) is 0 Å². The fourth-order valence-corrected chi connectivity index (χ4v) is 6.17. The molecule has 0 atom stereocenters. The van der Waals surface area contributed by atoms with Crippen molar-refractivity contribution in [1.82, 2.24) is 4.31 Å². The molecule has 2 aromatic rings. The molecule has 30 heavy (non-hydrogen) atoms. The van der Waals surface area contributed by atoms with E-state index in [0.717, 1.165) is 30.7 Å². The number of hydrogen-bond donors (Lipinski definition) is 1. The molecule has 0 spiro atoms. The molecule has 3 rings (SSSR count). The van der Waals surface area contributed by atoms with Gasteiger partial charge >= 0.3 is 6.18 Å². The number of nitrogens with zero attached hydrogens (tertiary/aromatic N) is 1. The van der Waals surface area contributed by atoms with Crippen LogP contribution in [0.1, 0.15) is 24.8 Å². The second kappa shape index (κ2) is 8.37. The van der Waals surface area contributed by atoms with E-state index in [4.69, 9.17) is 11.6 Å². The third kappa shape index (κ3) is 4.90. The Kier molecular flexibility index (Phi) is 6.38. The van der Waals surface area contributed by atoms with E-state index >= 15 is 0 Å². The largest absolute Gasteiger partial charge is 0.416 e. The van der Waals surface area contributed by atoms with E-state index in [1.165, 1.54) is 16.4 Å². The molecule has 2 aromatic carbocycles. The third-order valence-electron chi connectivity index (χ3n) is 4.59. The van der Waals surface area contributed by atoms with Crippen LogP contribution in [0.2, 0.25) is 5.02 Å². The minimum Gasteiger partial charge on any atom is -0.280 e. The lowest BCUT2D eigenvalue weighted by molar-refractivity contribution is -0.137. The minimum absolute atomic E-state index is 0.0809. The zero-order valence-electron chi connectivity index (χ0n) is 15.5. The van der Waals surface area contributed by atoms with Gasteiger partial charge in [-0.05, 0) is 49.2 Å². The first-order chi connectivity index (χ1) is 13.9. The molecule has 1 heterocycles. The van der Waals surface area contributed by atoms with E-state index in [-0.39, 0.29) is 15.6 Å². The zero-order chi connectivity index (χ0) is 22.2. The van der Waals surface area contributed by atoms with E-state index < -0.39 is 36.7 Å². The number of benzene rings is 2. The van der Waals surface area contributed by atoms with E-state index in [9.17, 15) is 30.0 Å². The highest BCUT2D eigenvalue weighted by Crippen LogP contribution is 2.32. The summed E-state index contributed by atoms with van der Waals surface area (Å²) in [7, 11) is -8.34. The predicted molar refractivity (Wildman–Crippen MR) is 106 cm³/mol. The van der Waals surface area contributed by atoms with Crippen molar-refractivity contribution in [2.75, 3.05) is 17.8 Å². The topological polar surface area (TPSA) is 83.5 Å². The molecule has 1 aliphatic heterocycles. The number of anilines is 1. The van der Waals surface area contributed by atoms with Gasteiger partial charge < -0.3 is 0 Å². The van der Waals surface area contributed by atoms with Gasteiger partial charge in [-0.15, -0.1) is 0 Å². The number of nitrogens with one attached hydrogen (secondary N) is 1. The molecule has 0 radical (unpaired) electrons. The Balaban J connectivity index is 1.93. The number of alkyl halides is 3. The van der Waals surface area contributed by atoms with E-state index in [1.807, 2.05) is 0 Å². The summed E-state index contributed by atoms with van der Waals surface area (Å²) < 4.78 is 93.0. The molecule has 0 saturated carbocycles. The van der Waals surface area contributed by atoms with Crippen LogP contribution in [0.3, 0.4) is 0 Å². The van der Waals surface area contributed by atoms with Crippen LogP contribution in [0.4, 0.5) is 18.9 Å². The molecule has 1 fully saturated rings. The molecule has 0 aliphatic carbocycles. The van der Waals surface area contributed by atoms with Crippen LogP contribution < -0.4 is 4.72 Å². The molecule has 12 heteroatoms. The van der Waals surface area contributed by atoms with Crippen LogP contribution in [-0.2, 0) is 26.2 Å². The van der Waals surface area contributed by atoms with Gasteiger partial charge in [-0.3, -0.25) is 4.72 Å². The third-order valence-corrected chi connectivity index (χ3v) is 8.35. The molecule has 1 saturated heterocycles. The summed E-state index contributed by atoms with van der Waals surface area (Å²) in [4.78, 5) is -0.872. The fourth-order valence-electron chi connectivity index (χ4n) is 3.06. The number of rotatable bonds is 5. The lowest BCUT2D eigenvalue weighted by Gasteiger charge is -2.26. The first-order valence-corrected chi connectivity index (χ1v) is 12.2. The lowest BCUT2D eigenvalue weighted by atomic mass is 10.2. The summed E-state index contributed by atoms with van der Waals surface area (Å²) in [6.07, 6.45) is -2.38. The van der Waals surface area contributed by atoms with E-state index in [0.29, 0.717) is 32.0 Å². The predicted octanol–water partition coefficient (Wildman–Crippen LogP) is 4.33. The van der Waals surface area contributed by atoms with Gasteiger partial charge in [-0.25, -0.2) is 16.8 Å². The number of sulfonamides is 2. The molecule has 0 unspecified atom stereocenters. The quantitative estimate of drug-likeness (QED) is 0.687. The highest BCUT2D eigenvalue weighted by molar-refractivity contribution is 7.92. The normalized spacial score (nSPS) is 16.4. The van der Waals surface area contributed by atoms with Crippen LogP contribution in [0, 0.1) is 0 Å². The van der Waals surface area contributed by atoms with Gasteiger partial charge in [0.15, 0.2) is 0 Å². The van der Waals surface area contributed by atoms with Gasteiger partial charge in [0.2, 0.25) is 10.0 Å². The molecule has 6 nitrogen and oxygen atoms in total. The van der Waals surface area contributed by atoms with Crippen LogP contribution >= 0.6 is 11.6 Å². The van der Waals surface area contributed by atoms with Crippen molar-refractivity contribution in [2.24, 2.45) is 0 Å². The Labute approximate surface area is 177 Å². The van der Waals surface area contributed by atoms with Crippen LogP contribution in [0.25, 0.3) is 0 Å². The van der Waals surface area contributed by atoms with Crippen LogP contribution in [-0.4, -0.2) is 34.2 Å². The molecular formula is C18H18ClF3N2O4S2. The Morgan fingerprint density at radius 2 is 1.60 bits per heavy atom. The molecule has 1 N–H and O–H groups in total. The molecule has 1 aliphatic rings. The van der Waals surface area contributed by atoms with Gasteiger partial charge in [-0.2, -0.15) is 17.5 Å². The van der Waals surface area contributed by atoms with E-state index in [1.54, 1.807) is 0 Å². The summed E-state index contributed by atoms with van der Waals surface area (Å²) in [5, 5.41) is -0.0809. The van der Waals surface area contributed by atoms with Gasteiger partial charge in [0.05, 0.1) is 21.2 Å². The summed E-state index contributed by atoms with van der Waals surface area (Å²) >= 11 is 6.05. The standard InChI is InChI=1S/C18H18ClF3N2O4S2/c19-16-8-7-14(12-17(16)30(27,28)24-9-2-1-3-10-24)23-29(25,26)15-6-4-5-13(11-15)18(20,21)22/h4-8,11-12,23H,1-3,9-10H2. The average molecular weight is 483 g/mol. The van der Waals surface area contributed by atoms with Crippen molar-refractivity contribution in [3.63, 3.8) is 0 Å².